The minimum atomic E-state index is -0.893. The summed E-state index contributed by atoms with van der Waals surface area (Å²) in [6, 6.07) is -0.537. The second-order valence-electron chi connectivity index (χ2n) is 4.35. The first-order chi connectivity index (χ1) is 7.93. The van der Waals surface area contributed by atoms with Gasteiger partial charge >= 0.3 is 12.0 Å². The van der Waals surface area contributed by atoms with Crippen molar-refractivity contribution in [3.8, 4) is 0 Å². The smallest absolute Gasteiger partial charge is 0.317 e. The molecule has 0 saturated carbocycles. The van der Waals surface area contributed by atoms with Crippen molar-refractivity contribution in [2.45, 2.75) is 46.6 Å². The van der Waals surface area contributed by atoms with Crippen molar-refractivity contribution in [3.63, 3.8) is 0 Å². The van der Waals surface area contributed by atoms with Crippen LogP contribution in [0.2, 0.25) is 0 Å². The number of hydrogen-bond acceptors (Lipinski definition) is 2. The molecule has 5 heteroatoms. The molecule has 0 radical (unpaired) electrons. The SMILES string of the molecule is CCCN(CCC)C(=O)NC(C)C(C)C(=O)O. The number of carbonyl (C=O) groups is 2. The van der Waals surface area contributed by atoms with Crippen molar-refractivity contribution in [2.75, 3.05) is 13.1 Å². The molecule has 0 rings (SSSR count). The molecule has 2 amide bonds. The number of hydrogen-bond donors (Lipinski definition) is 2. The van der Waals surface area contributed by atoms with Crippen LogP contribution in [0.15, 0.2) is 0 Å². The number of nitrogens with zero attached hydrogens (tertiary/aromatic N) is 1. The molecule has 17 heavy (non-hydrogen) atoms. The number of carboxylic acid groups (broad SMARTS) is 1. The summed E-state index contributed by atoms with van der Waals surface area (Å²) in [6.07, 6.45) is 1.80. The third-order valence-electron chi connectivity index (χ3n) is 2.76. The highest BCUT2D eigenvalue weighted by molar-refractivity contribution is 5.76. The van der Waals surface area contributed by atoms with Gasteiger partial charge in [-0.1, -0.05) is 13.8 Å². The van der Waals surface area contributed by atoms with Gasteiger partial charge in [-0.2, -0.15) is 0 Å². The van der Waals surface area contributed by atoms with Gasteiger partial charge in [-0.3, -0.25) is 4.79 Å². The number of rotatable bonds is 7. The first kappa shape index (κ1) is 15.7. The number of urea groups is 1. The van der Waals surface area contributed by atoms with Gasteiger partial charge in [0.2, 0.25) is 0 Å². The predicted octanol–water partition coefficient (Wildman–Crippen LogP) is 1.93. The molecular weight excluding hydrogens is 220 g/mol. The Morgan fingerprint density at radius 1 is 1.18 bits per heavy atom. The van der Waals surface area contributed by atoms with Crippen molar-refractivity contribution in [1.29, 1.82) is 0 Å². The summed E-state index contributed by atoms with van der Waals surface area (Å²) in [5.41, 5.74) is 0. The highest BCUT2D eigenvalue weighted by atomic mass is 16.4. The number of carbonyl (C=O) groups excluding carboxylic acids is 1. The van der Waals surface area contributed by atoms with Crippen LogP contribution in [-0.4, -0.2) is 41.1 Å². The van der Waals surface area contributed by atoms with E-state index in [0.29, 0.717) is 13.1 Å². The Labute approximate surface area is 103 Å². The zero-order chi connectivity index (χ0) is 13.4. The number of aliphatic carboxylic acids is 1. The lowest BCUT2D eigenvalue weighted by atomic mass is 10.0. The fraction of sp³-hybridized carbons (Fsp3) is 0.833. The summed E-state index contributed by atoms with van der Waals surface area (Å²) in [6.45, 7) is 8.74. The van der Waals surface area contributed by atoms with Gasteiger partial charge in [-0.05, 0) is 26.7 Å². The Morgan fingerprint density at radius 2 is 1.65 bits per heavy atom. The van der Waals surface area contributed by atoms with Gasteiger partial charge < -0.3 is 15.3 Å². The maximum absolute atomic E-state index is 11.9. The molecule has 0 aromatic rings. The number of nitrogens with one attached hydrogen (secondary N) is 1. The first-order valence-corrected chi connectivity index (χ1v) is 6.22. The molecule has 0 aliphatic heterocycles. The van der Waals surface area contributed by atoms with Crippen LogP contribution in [0.25, 0.3) is 0 Å². The normalized spacial score (nSPS) is 13.9. The molecule has 0 aromatic carbocycles. The standard InChI is InChI=1S/C12H24N2O3/c1-5-7-14(8-6-2)12(17)13-10(4)9(3)11(15)16/h9-10H,5-8H2,1-4H3,(H,13,17)(H,15,16). The second-order valence-corrected chi connectivity index (χ2v) is 4.35. The molecule has 100 valence electrons. The van der Waals surface area contributed by atoms with Gasteiger partial charge in [0.1, 0.15) is 0 Å². The fourth-order valence-corrected chi connectivity index (χ4v) is 1.48. The van der Waals surface area contributed by atoms with E-state index in [4.69, 9.17) is 5.11 Å². The van der Waals surface area contributed by atoms with E-state index >= 15 is 0 Å². The molecule has 0 fully saturated rings. The van der Waals surface area contributed by atoms with Crippen molar-refractivity contribution in [3.05, 3.63) is 0 Å². The zero-order valence-corrected chi connectivity index (χ0v) is 11.2. The molecule has 0 bridgehead atoms. The highest BCUT2D eigenvalue weighted by Gasteiger charge is 2.22. The molecule has 0 heterocycles. The zero-order valence-electron chi connectivity index (χ0n) is 11.2. The van der Waals surface area contributed by atoms with Crippen molar-refractivity contribution in [1.82, 2.24) is 10.2 Å². The van der Waals surface area contributed by atoms with Gasteiger partial charge in [0.25, 0.3) is 0 Å². The fourth-order valence-electron chi connectivity index (χ4n) is 1.48. The van der Waals surface area contributed by atoms with Crippen molar-refractivity contribution >= 4 is 12.0 Å². The third kappa shape index (κ3) is 5.56. The Kier molecular flexibility index (Phi) is 7.34. The van der Waals surface area contributed by atoms with Gasteiger partial charge in [0.15, 0.2) is 0 Å². The molecular formula is C12H24N2O3. The van der Waals surface area contributed by atoms with Gasteiger partial charge in [-0.15, -0.1) is 0 Å². The van der Waals surface area contributed by atoms with E-state index in [0.717, 1.165) is 12.8 Å². The highest BCUT2D eigenvalue weighted by Crippen LogP contribution is 2.04. The molecule has 5 nitrogen and oxygen atoms in total. The average Bonchev–Trinajstić information content (AvgIpc) is 2.27. The Bertz CT molecular complexity index is 250. The quantitative estimate of drug-likeness (QED) is 0.719. The second kappa shape index (κ2) is 7.92. The lowest BCUT2D eigenvalue weighted by Gasteiger charge is -2.25. The first-order valence-electron chi connectivity index (χ1n) is 6.22. The van der Waals surface area contributed by atoms with E-state index in [2.05, 4.69) is 5.32 Å². The topological polar surface area (TPSA) is 69.6 Å². The Morgan fingerprint density at radius 3 is 2.00 bits per heavy atom. The lowest BCUT2D eigenvalue weighted by molar-refractivity contribution is -0.141. The third-order valence-corrected chi connectivity index (χ3v) is 2.76. The van der Waals surface area contributed by atoms with Crippen molar-refractivity contribution < 1.29 is 14.7 Å². The van der Waals surface area contributed by atoms with E-state index in [9.17, 15) is 9.59 Å². The van der Waals surface area contributed by atoms with Gasteiger partial charge in [-0.25, -0.2) is 4.79 Å². The molecule has 2 N–H and O–H groups in total. The van der Waals surface area contributed by atoms with Crippen LogP contribution in [0.4, 0.5) is 4.79 Å². The van der Waals surface area contributed by atoms with E-state index < -0.39 is 11.9 Å². The van der Waals surface area contributed by atoms with E-state index in [1.807, 2.05) is 13.8 Å². The summed E-state index contributed by atoms with van der Waals surface area (Å²) >= 11 is 0. The van der Waals surface area contributed by atoms with Crippen LogP contribution >= 0.6 is 0 Å². The number of amides is 2. The molecule has 0 aromatic heterocycles. The molecule has 2 unspecified atom stereocenters. The molecule has 0 spiro atoms. The Balaban J connectivity index is 4.33. The van der Waals surface area contributed by atoms with Crippen LogP contribution in [0, 0.1) is 5.92 Å². The maximum atomic E-state index is 11.9. The Hall–Kier alpha value is -1.26. The van der Waals surface area contributed by atoms with Crippen LogP contribution < -0.4 is 5.32 Å². The average molecular weight is 244 g/mol. The van der Waals surface area contributed by atoms with E-state index in [-0.39, 0.29) is 12.1 Å². The minimum Gasteiger partial charge on any atom is -0.481 e. The summed E-state index contributed by atoms with van der Waals surface area (Å²) in [7, 11) is 0. The largest absolute Gasteiger partial charge is 0.481 e. The predicted molar refractivity (Wildman–Crippen MR) is 66.9 cm³/mol. The summed E-state index contributed by atoms with van der Waals surface area (Å²) in [5.74, 6) is -1.47. The summed E-state index contributed by atoms with van der Waals surface area (Å²) in [4.78, 5) is 24.4. The summed E-state index contributed by atoms with van der Waals surface area (Å²) < 4.78 is 0. The lowest BCUT2D eigenvalue weighted by Crippen LogP contribution is -2.47. The van der Waals surface area contributed by atoms with Gasteiger partial charge in [0, 0.05) is 19.1 Å². The van der Waals surface area contributed by atoms with Crippen LogP contribution in [0.5, 0.6) is 0 Å². The van der Waals surface area contributed by atoms with Gasteiger partial charge in [0.05, 0.1) is 5.92 Å². The monoisotopic (exact) mass is 244 g/mol. The minimum absolute atomic E-state index is 0.172. The maximum Gasteiger partial charge on any atom is 0.317 e. The summed E-state index contributed by atoms with van der Waals surface area (Å²) in [5, 5.41) is 11.6. The van der Waals surface area contributed by atoms with E-state index in [1.165, 1.54) is 0 Å². The van der Waals surface area contributed by atoms with Crippen LogP contribution in [-0.2, 0) is 4.79 Å². The van der Waals surface area contributed by atoms with Crippen LogP contribution in [0.1, 0.15) is 40.5 Å². The molecule has 0 saturated heterocycles. The molecule has 0 aliphatic rings. The number of carboxylic acids is 1. The molecule has 2 atom stereocenters. The molecule has 0 aliphatic carbocycles. The van der Waals surface area contributed by atoms with Crippen LogP contribution in [0.3, 0.4) is 0 Å². The van der Waals surface area contributed by atoms with Crippen molar-refractivity contribution in [2.24, 2.45) is 5.92 Å². The van der Waals surface area contributed by atoms with E-state index in [1.54, 1.807) is 18.7 Å².